The number of nitrogens with zero attached hydrogens (tertiary/aromatic N) is 2. The molecule has 0 atom stereocenters. The topological polar surface area (TPSA) is 17.8 Å². The van der Waals surface area contributed by atoms with Gasteiger partial charge in [-0.2, -0.15) is 0 Å². The average Bonchev–Trinajstić information content (AvgIpc) is 3.30. The zero-order valence-corrected chi connectivity index (χ0v) is 18.1. The summed E-state index contributed by atoms with van der Waals surface area (Å²) < 4.78 is 2.33. The highest BCUT2D eigenvalue weighted by molar-refractivity contribution is 5.93. The van der Waals surface area contributed by atoms with Crippen LogP contribution in [-0.4, -0.2) is 9.55 Å². The molecule has 0 amide bonds. The number of imidazole rings is 1. The van der Waals surface area contributed by atoms with Gasteiger partial charge in [0.05, 0.1) is 17.1 Å². The predicted octanol–water partition coefficient (Wildman–Crippen LogP) is 8.03. The van der Waals surface area contributed by atoms with E-state index in [0.717, 1.165) is 39.6 Å². The lowest BCUT2D eigenvalue weighted by Gasteiger charge is -2.16. The molecule has 0 saturated heterocycles. The molecule has 0 radical (unpaired) electrons. The molecule has 0 fully saturated rings. The lowest BCUT2D eigenvalue weighted by atomic mass is 10.0. The molecule has 0 aliphatic rings. The SMILES string of the molecule is c1ccc(-c2nc(-c3ccccc3)n(-c3cccc4ccccc34)c2-c2ccccc2)cc1. The minimum absolute atomic E-state index is 0.935. The van der Waals surface area contributed by atoms with Crippen molar-refractivity contribution in [3.8, 4) is 39.6 Å². The lowest BCUT2D eigenvalue weighted by Crippen LogP contribution is -2.01. The molecule has 6 aromatic rings. The van der Waals surface area contributed by atoms with Crippen LogP contribution in [0.5, 0.6) is 0 Å². The Morgan fingerprint density at radius 1 is 0.455 bits per heavy atom. The summed E-state index contributed by atoms with van der Waals surface area (Å²) in [6.45, 7) is 0. The van der Waals surface area contributed by atoms with Gasteiger partial charge in [0, 0.05) is 22.1 Å². The van der Waals surface area contributed by atoms with Crippen LogP contribution in [0, 0.1) is 0 Å². The maximum absolute atomic E-state index is 5.27. The Balaban J connectivity index is 1.77. The lowest BCUT2D eigenvalue weighted by molar-refractivity contribution is 1.09. The molecular formula is C31H22N2. The highest BCUT2D eigenvalue weighted by Gasteiger charge is 2.23. The fourth-order valence-electron chi connectivity index (χ4n) is 4.50. The molecule has 1 aromatic heterocycles. The fraction of sp³-hybridized carbons (Fsp3) is 0. The largest absolute Gasteiger partial charge is 0.291 e. The molecule has 0 saturated carbocycles. The van der Waals surface area contributed by atoms with E-state index < -0.39 is 0 Å². The van der Waals surface area contributed by atoms with Gasteiger partial charge in [0.1, 0.15) is 5.82 Å². The quantitative estimate of drug-likeness (QED) is 0.281. The molecule has 0 aliphatic heterocycles. The van der Waals surface area contributed by atoms with Gasteiger partial charge in [-0.05, 0) is 11.5 Å². The third-order valence-corrected chi connectivity index (χ3v) is 6.01. The Labute approximate surface area is 193 Å². The number of fused-ring (bicyclic) bond motifs is 1. The third kappa shape index (κ3) is 3.42. The van der Waals surface area contributed by atoms with Crippen molar-refractivity contribution in [2.24, 2.45) is 0 Å². The summed E-state index contributed by atoms with van der Waals surface area (Å²) in [6, 6.07) is 46.5. The molecule has 5 aromatic carbocycles. The van der Waals surface area contributed by atoms with Gasteiger partial charge in [-0.15, -0.1) is 0 Å². The molecule has 0 unspecified atom stereocenters. The average molecular weight is 423 g/mol. The van der Waals surface area contributed by atoms with Crippen LogP contribution < -0.4 is 0 Å². The van der Waals surface area contributed by atoms with Gasteiger partial charge in [0.25, 0.3) is 0 Å². The van der Waals surface area contributed by atoms with Crippen LogP contribution in [0.3, 0.4) is 0 Å². The van der Waals surface area contributed by atoms with E-state index in [1.54, 1.807) is 0 Å². The van der Waals surface area contributed by atoms with Crippen LogP contribution in [0.2, 0.25) is 0 Å². The maximum Gasteiger partial charge on any atom is 0.145 e. The van der Waals surface area contributed by atoms with E-state index in [9.17, 15) is 0 Å². The predicted molar refractivity (Wildman–Crippen MR) is 137 cm³/mol. The molecule has 1 heterocycles. The number of rotatable bonds is 4. The second kappa shape index (κ2) is 8.25. The zero-order valence-electron chi connectivity index (χ0n) is 18.1. The minimum atomic E-state index is 0.935. The molecule has 2 heteroatoms. The van der Waals surface area contributed by atoms with Gasteiger partial charge in [-0.1, -0.05) is 127 Å². The number of aromatic nitrogens is 2. The number of hydrogen-bond donors (Lipinski definition) is 0. The highest BCUT2D eigenvalue weighted by Crippen LogP contribution is 2.39. The van der Waals surface area contributed by atoms with Crippen molar-refractivity contribution in [2.75, 3.05) is 0 Å². The normalized spacial score (nSPS) is 11.0. The molecular weight excluding hydrogens is 400 g/mol. The van der Waals surface area contributed by atoms with Gasteiger partial charge in [0.15, 0.2) is 0 Å². The van der Waals surface area contributed by atoms with Crippen molar-refractivity contribution in [3.63, 3.8) is 0 Å². The van der Waals surface area contributed by atoms with Crippen molar-refractivity contribution in [1.29, 1.82) is 0 Å². The Morgan fingerprint density at radius 2 is 1.00 bits per heavy atom. The van der Waals surface area contributed by atoms with E-state index in [1.165, 1.54) is 10.8 Å². The Kier molecular flexibility index (Phi) is 4.82. The van der Waals surface area contributed by atoms with Crippen LogP contribution in [0.4, 0.5) is 0 Å². The number of hydrogen-bond acceptors (Lipinski definition) is 1. The number of benzene rings is 5. The van der Waals surface area contributed by atoms with Crippen molar-refractivity contribution >= 4 is 10.8 Å². The van der Waals surface area contributed by atoms with E-state index >= 15 is 0 Å². The van der Waals surface area contributed by atoms with Crippen molar-refractivity contribution < 1.29 is 0 Å². The first-order valence-electron chi connectivity index (χ1n) is 11.2. The van der Waals surface area contributed by atoms with Crippen LogP contribution in [-0.2, 0) is 0 Å². The summed E-state index contributed by atoms with van der Waals surface area (Å²) in [4.78, 5) is 5.27. The van der Waals surface area contributed by atoms with Gasteiger partial charge >= 0.3 is 0 Å². The van der Waals surface area contributed by atoms with Crippen molar-refractivity contribution in [1.82, 2.24) is 9.55 Å². The van der Waals surface area contributed by atoms with Crippen LogP contribution in [0.15, 0.2) is 133 Å². The fourth-order valence-corrected chi connectivity index (χ4v) is 4.50. The van der Waals surface area contributed by atoms with Crippen molar-refractivity contribution in [3.05, 3.63) is 133 Å². The van der Waals surface area contributed by atoms with Gasteiger partial charge in [-0.25, -0.2) is 4.98 Å². The van der Waals surface area contributed by atoms with Crippen LogP contribution in [0.1, 0.15) is 0 Å². The highest BCUT2D eigenvalue weighted by atomic mass is 15.1. The Hall–Kier alpha value is -4.43. The second-order valence-electron chi connectivity index (χ2n) is 8.06. The van der Waals surface area contributed by atoms with E-state index in [1.807, 2.05) is 12.1 Å². The summed E-state index contributed by atoms with van der Waals surface area (Å²) in [5.41, 5.74) is 6.53. The zero-order chi connectivity index (χ0) is 22.0. The Morgan fingerprint density at radius 3 is 1.70 bits per heavy atom. The molecule has 0 aliphatic carbocycles. The first kappa shape index (κ1) is 19.3. The van der Waals surface area contributed by atoms with Crippen LogP contribution in [0.25, 0.3) is 50.4 Å². The van der Waals surface area contributed by atoms with Gasteiger partial charge in [0.2, 0.25) is 0 Å². The molecule has 0 bridgehead atoms. The van der Waals surface area contributed by atoms with Crippen molar-refractivity contribution in [2.45, 2.75) is 0 Å². The maximum atomic E-state index is 5.27. The minimum Gasteiger partial charge on any atom is -0.291 e. The van der Waals surface area contributed by atoms with E-state index in [2.05, 4.69) is 126 Å². The summed E-state index contributed by atoms with van der Waals surface area (Å²) in [7, 11) is 0. The Bertz CT molecular complexity index is 1530. The molecule has 156 valence electrons. The smallest absolute Gasteiger partial charge is 0.145 e. The van der Waals surface area contributed by atoms with Crippen LogP contribution >= 0.6 is 0 Å². The third-order valence-electron chi connectivity index (χ3n) is 6.01. The van der Waals surface area contributed by atoms with Gasteiger partial charge in [-0.3, -0.25) is 4.57 Å². The summed E-state index contributed by atoms with van der Waals surface area (Å²) in [6.07, 6.45) is 0. The molecule has 2 nitrogen and oxygen atoms in total. The first-order valence-corrected chi connectivity index (χ1v) is 11.2. The van der Waals surface area contributed by atoms with E-state index in [4.69, 9.17) is 4.98 Å². The monoisotopic (exact) mass is 422 g/mol. The summed E-state index contributed by atoms with van der Waals surface area (Å²) >= 11 is 0. The standard InChI is InChI=1S/C31H22N2/c1-4-14-24(15-5-1)29-30(25-16-6-2-7-17-25)33(31(32-29)26-18-8-3-9-19-26)28-22-12-20-23-13-10-11-21-27(23)28/h1-22H. The summed E-state index contributed by atoms with van der Waals surface area (Å²) in [5, 5.41) is 2.41. The molecule has 0 N–H and O–H groups in total. The molecule has 6 rings (SSSR count). The van der Waals surface area contributed by atoms with E-state index in [-0.39, 0.29) is 0 Å². The van der Waals surface area contributed by atoms with Gasteiger partial charge < -0.3 is 0 Å². The van der Waals surface area contributed by atoms with E-state index in [0.29, 0.717) is 0 Å². The second-order valence-corrected chi connectivity index (χ2v) is 8.06. The first-order chi connectivity index (χ1) is 16.4. The molecule has 0 spiro atoms. The molecule has 33 heavy (non-hydrogen) atoms. The summed E-state index contributed by atoms with van der Waals surface area (Å²) in [5.74, 6) is 0.935.